The summed E-state index contributed by atoms with van der Waals surface area (Å²) in [4.78, 5) is 0. The molecule has 86 valence electrons. The van der Waals surface area contributed by atoms with Crippen LogP contribution < -0.4 is 0 Å². The molecule has 0 aromatic heterocycles. The molecule has 0 N–H and O–H groups in total. The molecule has 1 unspecified atom stereocenters. The van der Waals surface area contributed by atoms with Crippen LogP contribution >= 0.6 is 0 Å². The zero-order chi connectivity index (χ0) is 12.9. The molecule has 0 saturated heterocycles. The van der Waals surface area contributed by atoms with Crippen molar-refractivity contribution >= 4 is 10.8 Å². The number of rotatable bonds is 0. The summed E-state index contributed by atoms with van der Waals surface area (Å²) < 4.78 is 0. The van der Waals surface area contributed by atoms with E-state index in [9.17, 15) is 10.5 Å². The largest absolute Gasteiger partial charge is 0.192 e. The molecule has 1 aliphatic rings. The first-order valence-electron chi connectivity index (χ1n) is 6.08. The Bertz CT molecular complexity index is 744. The lowest BCUT2D eigenvalue weighted by Gasteiger charge is -2.12. The highest BCUT2D eigenvalue weighted by molar-refractivity contribution is 5.97. The molecule has 0 heterocycles. The summed E-state index contributed by atoms with van der Waals surface area (Å²) in [5.41, 5.74) is 3.65. The molecule has 1 aliphatic carbocycles. The molecule has 0 radical (unpaired) electrons. The van der Waals surface area contributed by atoms with Crippen molar-refractivity contribution in [3.63, 3.8) is 0 Å². The molecule has 0 bridgehead atoms. The van der Waals surface area contributed by atoms with Gasteiger partial charge in [0.15, 0.2) is 0 Å². The van der Waals surface area contributed by atoms with Gasteiger partial charge in [-0.25, -0.2) is 0 Å². The summed E-state index contributed by atoms with van der Waals surface area (Å²) in [6, 6.07) is 12.3. The molecule has 2 nitrogen and oxygen atoms in total. The fourth-order valence-corrected chi connectivity index (χ4v) is 3.09. The number of hydrogen-bond donors (Lipinski definition) is 0. The van der Waals surface area contributed by atoms with Gasteiger partial charge in [0.1, 0.15) is 0 Å². The maximum absolute atomic E-state index is 9.30. The van der Waals surface area contributed by atoms with Crippen LogP contribution in [0, 0.1) is 22.7 Å². The Labute approximate surface area is 106 Å². The van der Waals surface area contributed by atoms with E-state index in [0.29, 0.717) is 23.0 Å². The molecule has 0 spiro atoms. The number of nitrogens with zero attached hydrogens (tertiary/aromatic N) is 2. The van der Waals surface area contributed by atoms with Crippen molar-refractivity contribution in [2.45, 2.75) is 25.7 Å². The van der Waals surface area contributed by atoms with Gasteiger partial charge in [-0.1, -0.05) is 32.0 Å². The first kappa shape index (κ1) is 10.8. The molecule has 0 saturated carbocycles. The van der Waals surface area contributed by atoms with Gasteiger partial charge in [-0.2, -0.15) is 10.5 Å². The van der Waals surface area contributed by atoms with Gasteiger partial charge in [0, 0.05) is 5.39 Å². The summed E-state index contributed by atoms with van der Waals surface area (Å²) in [6.45, 7) is 4.35. The molecule has 2 atom stereocenters. The van der Waals surface area contributed by atoms with Crippen molar-refractivity contribution in [3.05, 3.63) is 46.5 Å². The van der Waals surface area contributed by atoms with E-state index in [4.69, 9.17) is 0 Å². The zero-order valence-electron chi connectivity index (χ0n) is 10.4. The van der Waals surface area contributed by atoms with Gasteiger partial charge in [0.2, 0.25) is 0 Å². The Hall–Kier alpha value is -2.32. The fourth-order valence-electron chi connectivity index (χ4n) is 3.09. The molecular formula is C16H12N2. The van der Waals surface area contributed by atoms with Crippen LogP contribution in [-0.2, 0) is 0 Å². The van der Waals surface area contributed by atoms with Gasteiger partial charge in [0.05, 0.1) is 23.3 Å². The van der Waals surface area contributed by atoms with E-state index >= 15 is 0 Å². The highest BCUT2D eigenvalue weighted by Gasteiger charge is 2.31. The van der Waals surface area contributed by atoms with Gasteiger partial charge in [-0.15, -0.1) is 0 Å². The van der Waals surface area contributed by atoms with Gasteiger partial charge in [0.25, 0.3) is 0 Å². The average Bonchev–Trinajstić information content (AvgIpc) is 2.67. The molecule has 2 aromatic carbocycles. The molecule has 2 aromatic rings. The van der Waals surface area contributed by atoms with Crippen LogP contribution in [0.25, 0.3) is 10.8 Å². The number of benzene rings is 2. The van der Waals surface area contributed by atoms with Crippen molar-refractivity contribution in [1.82, 2.24) is 0 Å². The third-order valence-electron chi connectivity index (χ3n) is 4.17. The Morgan fingerprint density at radius 2 is 1.72 bits per heavy atom. The smallest absolute Gasteiger partial charge is 0.0998 e. The number of hydrogen-bond acceptors (Lipinski definition) is 2. The first-order valence-corrected chi connectivity index (χ1v) is 6.08. The van der Waals surface area contributed by atoms with Crippen LogP contribution in [0.4, 0.5) is 0 Å². The quantitative estimate of drug-likeness (QED) is 0.693. The molecule has 0 fully saturated rings. The molecule has 2 heteroatoms. The topological polar surface area (TPSA) is 47.6 Å². The predicted molar refractivity (Wildman–Crippen MR) is 70.2 cm³/mol. The average molecular weight is 232 g/mol. The highest BCUT2D eigenvalue weighted by Crippen LogP contribution is 2.48. The van der Waals surface area contributed by atoms with E-state index in [1.165, 1.54) is 5.56 Å². The van der Waals surface area contributed by atoms with Gasteiger partial charge >= 0.3 is 0 Å². The monoisotopic (exact) mass is 232 g/mol. The lowest BCUT2D eigenvalue weighted by Crippen LogP contribution is -1.98. The van der Waals surface area contributed by atoms with E-state index in [2.05, 4.69) is 32.1 Å². The fraction of sp³-hybridized carbons (Fsp3) is 0.250. The standard InChI is InChI=1S/C16H12N2/c1-9-10(2)15-12(8-18)6-11(7-17)14-5-3-4-13(9)16(14)15/h3-6,9-10H,1-2H3/t9?,10-/m1/s1. The van der Waals surface area contributed by atoms with E-state index in [0.717, 1.165) is 16.3 Å². The highest BCUT2D eigenvalue weighted by atomic mass is 14.4. The predicted octanol–water partition coefficient (Wildman–Crippen LogP) is 3.80. The van der Waals surface area contributed by atoms with Crippen molar-refractivity contribution in [1.29, 1.82) is 10.5 Å². The molecule has 3 rings (SSSR count). The Balaban J connectivity index is 2.57. The van der Waals surface area contributed by atoms with Crippen LogP contribution in [0.1, 0.15) is 47.9 Å². The minimum atomic E-state index is 0.340. The van der Waals surface area contributed by atoms with Crippen molar-refractivity contribution in [2.75, 3.05) is 0 Å². The lowest BCUT2D eigenvalue weighted by molar-refractivity contribution is 0.654. The minimum absolute atomic E-state index is 0.340. The van der Waals surface area contributed by atoms with Crippen LogP contribution in [-0.4, -0.2) is 0 Å². The second-order valence-electron chi connectivity index (χ2n) is 4.96. The van der Waals surface area contributed by atoms with Crippen LogP contribution in [0.15, 0.2) is 24.3 Å². The summed E-state index contributed by atoms with van der Waals surface area (Å²) in [5.74, 6) is 0.747. The molecule has 0 aliphatic heterocycles. The minimum Gasteiger partial charge on any atom is -0.192 e. The van der Waals surface area contributed by atoms with Gasteiger partial charge < -0.3 is 0 Å². The van der Waals surface area contributed by atoms with Crippen molar-refractivity contribution in [3.8, 4) is 12.1 Å². The third kappa shape index (κ3) is 1.15. The summed E-state index contributed by atoms with van der Waals surface area (Å²) in [6.07, 6.45) is 0. The maximum atomic E-state index is 9.30. The van der Waals surface area contributed by atoms with Crippen molar-refractivity contribution in [2.24, 2.45) is 0 Å². The Morgan fingerprint density at radius 3 is 2.39 bits per heavy atom. The normalized spacial score (nSPS) is 20.7. The Kier molecular flexibility index (Phi) is 2.15. The Morgan fingerprint density at radius 1 is 1.00 bits per heavy atom. The number of nitriles is 2. The van der Waals surface area contributed by atoms with Gasteiger partial charge in [-0.05, 0) is 34.4 Å². The van der Waals surface area contributed by atoms with E-state index < -0.39 is 0 Å². The molecule has 18 heavy (non-hydrogen) atoms. The van der Waals surface area contributed by atoms with Crippen LogP contribution in [0.5, 0.6) is 0 Å². The molecule has 0 amide bonds. The van der Waals surface area contributed by atoms with E-state index in [1.807, 2.05) is 12.1 Å². The van der Waals surface area contributed by atoms with E-state index in [1.54, 1.807) is 6.07 Å². The zero-order valence-corrected chi connectivity index (χ0v) is 10.4. The third-order valence-corrected chi connectivity index (χ3v) is 4.17. The van der Waals surface area contributed by atoms with Gasteiger partial charge in [-0.3, -0.25) is 0 Å². The summed E-state index contributed by atoms with van der Waals surface area (Å²) >= 11 is 0. The summed E-state index contributed by atoms with van der Waals surface area (Å²) in [7, 11) is 0. The second-order valence-corrected chi connectivity index (χ2v) is 4.96. The lowest BCUT2D eigenvalue weighted by atomic mass is 9.91. The van der Waals surface area contributed by atoms with Crippen LogP contribution in [0.2, 0.25) is 0 Å². The van der Waals surface area contributed by atoms with Crippen molar-refractivity contribution < 1.29 is 0 Å². The second kappa shape index (κ2) is 3.59. The maximum Gasteiger partial charge on any atom is 0.0998 e. The first-order chi connectivity index (χ1) is 8.69. The summed E-state index contributed by atoms with van der Waals surface area (Å²) in [5, 5.41) is 20.6. The molecular weight excluding hydrogens is 220 g/mol. The van der Waals surface area contributed by atoms with Crippen LogP contribution in [0.3, 0.4) is 0 Å². The van der Waals surface area contributed by atoms with E-state index in [-0.39, 0.29) is 0 Å². The SMILES string of the molecule is CC1c2cccc3c(C#N)cc(C#N)c(c23)[C@@H]1C.